The van der Waals surface area contributed by atoms with Crippen molar-refractivity contribution < 1.29 is 13.5 Å². The smallest absolute Gasteiger partial charge is 0.150 e. The normalized spacial score (nSPS) is 31.3. The first-order chi connectivity index (χ1) is 5.55. The predicted molar refractivity (Wildman–Crippen MR) is 47.6 cm³/mol. The van der Waals surface area contributed by atoms with Crippen molar-refractivity contribution in [3.63, 3.8) is 0 Å². The van der Waals surface area contributed by atoms with E-state index in [2.05, 4.69) is 0 Å². The third-order valence-electron chi connectivity index (χ3n) is 2.59. The zero-order valence-electron chi connectivity index (χ0n) is 7.36. The number of hydrogen-bond donors (Lipinski definition) is 1. The van der Waals surface area contributed by atoms with Crippen molar-refractivity contribution in [1.29, 1.82) is 0 Å². The molecule has 1 rings (SSSR count). The average molecular weight is 192 g/mol. The summed E-state index contributed by atoms with van der Waals surface area (Å²) >= 11 is 0. The zero-order chi connectivity index (χ0) is 9.19. The molecular weight excluding hydrogens is 176 g/mol. The highest BCUT2D eigenvalue weighted by molar-refractivity contribution is 7.91. The van der Waals surface area contributed by atoms with Gasteiger partial charge in [-0.1, -0.05) is 6.92 Å². The Hall–Kier alpha value is -0.0900. The summed E-state index contributed by atoms with van der Waals surface area (Å²) < 4.78 is 22.4. The van der Waals surface area contributed by atoms with Gasteiger partial charge < -0.3 is 5.11 Å². The van der Waals surface area contributed by atoms with Crippen LogP contribution in [0.25, 0.3) is 0 Å². The number of rotatable bonds is 2. The highest BCUT2D eigenvalue weighted by Crippen LogP contribution is 2.24. The largest absolute Gasteiger partial charge is 0.396 e. The van der Waals surface area contributed by atoms with Crippen molar-refractivity contribution in [1.82, 2.24) is 0 Å². The van der Waals surface area contributed by atoms with Crippen LogP contribution in [0.2, 0.25) is 0 Å². The van der Waals surface area contributed by atoms with Crippen LogP contribution in [0.1, 0.15) is 19.8 Å². The second-order valence-corrected chi connectivity index (χ2v) is 5.91. The molecule has 1 saturated heterocycles. The second-order valence-electron chi connectivity index (χ2n) is 3.68. The lowest BCUT2D eigenvalue weighted by atomic mass is 9.92. The van der Waals surface area contributed by atoms with Crippen LogP contribution in [0.3, 0.4) is 0 Å². The van der Waals surface area contributed by atoms with Crippen molar-refractivity contribution in [2.24, 2.45) is 11.8 Å². The monoisotopic (exact) mass is 192 g/mol. The molecule has 0 radical (unpaired) electrons. The minimum Gasteiger partial charge on any atom is -0.396 e. The first kappa shape index (κ1) is 9.99. The zero-order valence-corrected chi connectivity index (χ0v) is 8.18. The Balaban J connectivity index is 2.58. The summed E-state index contributed by atoms with van der Waals surface area (Å²) in [6.45, 7) is 2.01. The van der Waals surface area contributed by atoms with Crippen LogP contribution in [0.5, 0.6) is 0 Å². The summed E-state index contributed by atoms with van der Waals surface area (Å²) in [6.07, 6.45) is 1.71. The average Bonchev–Trinajstić information content (AvgIpc) is 2.01. The summed E-state index contributed by atoms with van der Waals surface area (Å²) in [5, 5.41) is 8.86. The second kappa shape index (κ2) is 3.75. The molecule has 1 N–H and O–H groups in total. The van der Waals surface area contributed by atoms with E-state index in [4.69, 9.17) is 5.11 Å². The molecule has 1 aliphatic rings. The van der Waals surface area contributed by atoms with Crippen molar-refractivity contribution in [2.45, 2.75) is 19.8 Å². The number of aliphatic hydroxyl groups is 1. The first-order valence-electron chi connectivity index (χ1n) is 4.36. The summed E-state index contributed by atoms with van der Waals surface area (Å²) in [4.78, 5) is 0. The maximum absolute atomic E-state index is 11.2. The molecule has 1 heterocycles. The number of sulfone groups is 1. The predicted octanol–water partition coefficient (Wildman–Crippen LogP) is 0.440. The van der Waals surface area contributed by atoms with Gasteiger partial charge >= 0.3 is 0 Å². The topological polar surface area (TPSA) is 54.4 Å². The van der Waals surface area contributed by atoms with Crippen molar-refractivity contribution in [3.8, 4) is 0 Å². The lowest BCUT2D eigenvalue weighted by Crippen LogP contribution is -2.30. The highest BCUT2D eigenvalue weighted by Gasteiger charge is 2.27. The molecule has 0 bridgehead atoms. The molecule has 3 nitrogen and oxygen atoms in total. The van der Waals surface area contributed by atoms with Gasteiger partial charge in [0, 0.05) is 6.61 Å². The van der Waals surface area contributed by atoms with E-state index in [0.29, 0.717) is 5.75 Å². The molecule has 0 spiro atoms. The Morgan fingerprint density at radius 2 is 2.25 bits per heavy atom. The van der Waals surface area contributed by atoms with Gasteiger partial charge in [0.25, 0.3) is 0 Å². The maximum atomic E-state index is 11.2. The molecule has 0 aromatic heterocycles. The fourth-order valence-corrected chi connectivity index (χ4v) is 3.58. The Labute approximate surface area is 73.7 Å². The van der Waals surface area contributed by atoms with Gasteiger partial charge in [-0.2, -0.15) is 0 Å². The molecule has 0 aromatic carbocycles. The van der Waals surface area contributed by atoms with Gasteiger partial charge in [0.15, 0.2) is 9.84 Å². The van der Waals surface area contributed by atoms with Crippen molar-refractivity contribution in [3.05, 3.63) is 0 Å². The Morgan fingerprint density at radius 3 is 2.75 bits per heavy atom. The van der Waals surface area contributed by atoms with Crippen molar-refractivity contribution in [2.75, 3.05) is 18.1 Å². The molecule has 2 atom stereocenters. The summed E-state index contributed by atoms with van der Waals surface area (Å²) in [6, 6.07) is 0. The molecule has 0 aromatic rings. The molecule has 0 amide bonds. The van der Waals surface area contributed by atoms with Crippen LogP contribution in [0.15, 0.2) is 0 Å². The van der Waals surface area contributed by atoms with Crippen LogP contribution in [-0.4, -0.2) is 31.6 Å². The minimum absolute atomic E-state index is 0.0974. The molecule has 0 saturated carbocycles. The van der Waals surface area contributed by atoms with E-state index in [1.807, 2.05) is 6.92 Å². The lowest BCUT2D eigenvalue weighted by Gasteiger charge is -2.25. The molecule has 1 aliphatic heterocycles. The summed E-state index contributed by atoms with van der Waals surface area (Å²) in [7, 11) is -2.80. The van der Waals surface area contributed by atoms with Crippen molar-refractivity contribution >= 4 is 9.84 Å². The quantitative estimate of drug-likeness (QED) is 0.690. The molecular formula is C8H16O3S. The number of hydrogen-bond acceptors (Lipinski definition) is 3. The van der Waals surface area contributed by atoms with Gasteiger partial charge in [0.05, 0.1) is 11.5 Å². The minimum atomic E-state index is -2.80. The molecule has 12 heavy (non-hydrogen) atoms. The van der Waals surface area contributed by atoms with E-state index in [1.165, 1.54) is 0 Å². The van der Waals surface area contributed by atoms with Gasteiger partial charge in [-0.15, -0.1) is 0 Å². The van der Waals surface area contributed by atoms with Crippen LogP contribution >= 0.6 is 0 Å². The van der Waals surface area contributed by atoms with E-state index >= 15 is 0 Å². The standard InChI is InChI=1S/C8H16O3S/c1-7(5-9)8-3-2-4-12(10,11)6-8/h7-9H,2-6H2,1H3. The molecule has 1 fully saturated rings. The SMILES string of the molecule is CC(CO)C1CCCS(=O)(=O)C1. The Kier molecular flexibility index (Phi) is 3.12. The fraction of sp³-hybridized carbons (Fsp3) is 1.00. The Bertz CT molecular complexity index is 233. The third-order valence-corrected chi connectivity index (χ3v) is 4.44. The van der Waals surface area contributed by atoms with E-state index in [0.717, 1.165) is 12.8 Å². The lowest BCUT2D eigenvalue weighted by molar-refractivity contribution is 0.189. The van der Waals surface area contributed by atoms with Crippen LogP contribution in [0, 0.1) is 11.8 Å². The van der Waals surface area contributed by atoms with E-state index in [1.54, 1.807) is 0 Å². The molecule has 72 valence electrons. The molecule has 0 aliphatic carbocycles. The maximum Gasteiger partial charge on any atom is 0.150 e. The number of aliphatic hydroxyl groups excluding tert-OH is 1. The Morgan fingerprint density at radius 1 is 1.58 bits per heavy atom. The van der Waals surface area contributed by atoms with Crippen LogP contribution in [-0.2, 0) is 9.84 Å². The molecule has 2 unspecified atom stereocenters. The fourth-order valence-electron chi connectivity index (χ4n) is 1.66. The van der Waals surface area contributed by atoms with Gasteiger partial charge in [0.2, 0.25) is 0 Å². The van der Waals surface area contributed by atoms with Gasteiger partial charge in [-0.05, 0) is 24.7 Å². The highest BCUT2D eigenvalue weighted by atomic mass is 32.2. The van der Waals surface area contributed by atoms with E-state index in [9.17, 15) is 8.42 Å². The van der Waals surface area contributed by atoms with Gasteiger partial charge in [0.1, 0.15) is 0 Å². The summed E-state index contributed by atoms with van der Waals surface area (Å²) in [5.41, 5.74) is 0. The first-order valence-corrected chi connectivity index (χ1v) is 6.18. The van der Waals surface area contributed by atoms with Crippen LogP contribution in [0.4, 0.5) is 0 Å². The summed E-state index contributed by atoms with van der Waals surface area (Å²) in [5.74, 6) is 0.907. The van der Waals surface area contributed by atoms with E-state index in [-0.39, 0.29) is 24.2 Å². The van der Waals surface area contributed by atoms with E-state index < -0.39 is 9.84 Å². The molecule has 4 heteroatoms. The van der Waals surface area contributed by atoms with Gasteiger partial charge in [-0.3, -0.25) is 0 Å². The van der Waals surface area contributed by atoms with Crippen LogP contribution < -0.4 is 0 Å². The van der Waals surface area contributed by atoms with Gasteiger partial charge in [-0.25, -0.2) is 8.42 Å². The third kappa shape index (κ3) is 2.45.